The van der Waals surface area contributed by atoms with E-state index in [-0.39, 0.29) is 0 Å². The van der Waals surface area contributed by atoms with Crippen molar-refractivity contribution in [3.63, 3.8) is 0 Å². The molecule has 0 aromatic carbocycles. The molecule has 0 bridgehead atoms. The summed E-state index contributed by atoms with van der Waals surface area (Å²) in [5.41, 5.74) is -0.848. The zero-order valence-electron chi connectivity index (χ0n) is 8.57. The van der Waals surface area contributed by atoms with E-state index in [1.807, 2.05) is 0 Å². The Bertz CT molecular complexity index is 236. The lowest BCUT2D eigenvalue weighted by molar-refractivity contribution is -0.149. The summed E-state index contributed by atoms with van der Waals surface area (Å²) in [6.07, 6.45) is -1.30. The highest BCUT2D eigenvalue weighted by atomic mass is 19.2. The van der Waals surface area contributed by atoms with Crippen molar-refractivity contribution >= 4 is 12.1 Å². The Morgan fingerprint density at radius 2 is 1.86 bits per heavy atom. The molecular formula is C8H14FNO4. The average Bonchev–Trinajstić information content (AvgIpc) is 1.98. The van der Waals surface area contributed by atoms with Crippen LogP contribution in [-0.4, -0.2) is 33.9 Å². The van der Waals surface area contributed by atoms with Crippen LogP contribution in [0.3, 0.4) is 0 Å². The van der Waals surface area contributed by atoms with Crippen LogP contribution in [0.1, 0.15) is 27.7 Å². The minimum Gasteiger partial charge on any atom is -0.480 e. The first-order chi connectivity index (χ1) is 6.15. The lowest BCUT2D eigenvalue weighted by Crippen LogP contribution is -2.40. The smallest absolute Gasteiger partial charge is 0.439 e. The van der Waals surface area contributed by atoms with E-state index in [9.17, 15) is 14.1 Å². The third-order valence-corrected chi connectivity index (χ3v) is 1.27. The second-order valence-electron chi connectivity index (χ2n) is 3.81. The molecule has 0 rings (SSSR count). The predicted octanol–water partition coefficient (Wildman–Crippen LogP) is 1.58. The van der Waals surface area contributed by atoms with Crippen LogP contribution < -0.4 is 0 Å². The fraction of sp³-hybridized carbons (Fsp3) is 0.750. The maximum absolute atomic E-state index is 12.9. The van der Waals surface area contributed by atoms with Gasteiger partial charge in [0.25, 0.3) is 0 Å². The summed E-state index contributed by atoms with van der Waals surface area (Å²) in [5, 5.41) is 7.96. The Labute approximate surface area is 81.4 Å². The van der Waals surface area contributed by atoms with Gasteiger partial charge in [0.15, 0.2) is 6.04 Å². The van der Waals surface area contributed by atoms with E-state index >= 15 is 0 Å². The molecule has 0 unspecified atom stereocenters. The van der Waals surface area contributed by atoms with Crippen LogP contribution in [0, 0.1) is 0 Å². The zero-order chi connectivity index (χ0) is 11.5. The number of ether oxygens (including phenoxy) is 1. The first kappa shape index (κ1) is 12.7. The van der Waals surface area contributed by atoms with E-state index in [0.29, 0.717) is 0 Å². The van der Waals surface area contributed by atoms with Gasteiger partial charge in [-0.1, -0.05) is 4.48 Å². The van der Waals surface area contributed by atoms with Gasteiger partial charge in [-0.15, -0.1) is 5.12 Å². The molecule has 0 saturated carbocycles. The van der Waals surface area contributed by atoms with Crippen molar-refractivity contribution in [1.82, 2.24) is 5.12 Å². The molecule has 6 heteroatoms. The topological polar surface area (TPSA) is 66.8 Å². The quantitative estimate of drug-likeness (QED) is 0.698. The van der Waals surface area contributed by atoms with Gasteiger partial charge in [-0.3, -0.25) is 0 Å². The van der Waals surface area contributed by atoms with Crippen molar-refractivity contribution in [3.8, 4) is 0 Å². The van der Waals surface area contributed by atoms with E-state index in [1.54, 1.807) is 20.8 Å². The number of rotatable bonds is 2. The molecular weight excluding hydrogens is 193 g/mol. The van der Waals surface area contributed by atoms with Crippen LogP contribution in [0.25, 0.3) is 0 Å². The monoisotopic (exact) mass is 207 g/mol. The molecule has 0 aromatic heterocycles. The number of nitrogens with zero attached hydrogens (tertiary/aromatic N) is 1. The van der Waals surface area contributed by atoms with E-state index in [0.717, 1.165) is 6.92 Å². The highest BCUT2D eigenvalue weighted by Gasteiger charge is 2.30. The number of amides is 1. The second-order valence-corrected chi connectivity index (χ2v) is 3.81. The standard InChI is InChI=1S/C8H14FNO4/c1-5(6(11)12)10(9)7(13)14-8(2,3)4/h5H,1-4H3,(H,11,12)/t5-/m0/s1. The Balaban J connectivity index is 4.33. The summed E-state index contributed by atoms with van der Waals surface area (Å²) in [4.78, 5) is 21.3. The number of carbonyl (C=O) groups is 2. The number of aliphatic carboxylic acids is 1. The van der Waals surface area contributed by atoms with E-state index in [2.05, 4.69) is 4.74 Å². The van der Waals surface area contributed by atoms with Gasteiger partial charge in [0, 0.05) is 0 Å². The summed E-state index contributed by atoms with van der Waals surface area (Å²) in [6, 6.07) is -1.55. The number of carbonyl (C=O) groups excluding carboxylic acids is 1. The molecule has 1 amide bonds. The number of halogens is 1. The maximum atomic E-state index is 12.9. The molecule has 1 N–H and O–H groups in total. The Hall–Kier alpha value is -1.33. The predicted molar refractivity (Wildman–Crippen MR) is 46.3 cm³/mol. The van der Waals surface area contributed by atoms with Crippen molar-refractivity contribution in [1.29, 1.82) is 0 Å². The molecule has 0 heterocycles. The molecule has 82 valence electrons. The number of hydrogen-bond donors (Lipinski definition) is 1. The zero-order valence-corrected chi connectivity index (χ0v) is 8.57. The highest BCUT2D eigenvalue weighted by molar-refractivity contribution is 5.78. The van der Waals surface area contributed by atoms with Crippen LogP contribution in [0.15, 0.2) is 0 Å². The molecule has 0 aliphatic carbocycles. The summed E-state index contributed by atoms with van der Waals surface area (Å²) in [6.45, 7) is 5.73. The Morgan fingerprint density at radius 3 is 2.14 bits per heavy atom. The van der Waals surface area contributed by atoms with Crippen molar-refractivity contribution in [2.45, 2.75) is 39.3 Å². The first-order valence-electron chi connectivity index (χ1n) is 4.06. The van der Waals surface area contributed by atoms with Gasteiger partial charge < -0.3 is 9.84 Å². The van der Waals surface area contributed by atoms with Crippen molar-refractivity contribution in [3.05, 3.63) is 0 Å². The van der Waals surface area contributed by atoms with Gasteiger partial charge in [-0.05, 0) is 27.7 Å². The van der Waals surface area contributed by atoms with Gasteiger partial charge in [-0.25, -0.2) is 9.59 Å². The van der Waals surface area contributed by atoms with Crippen molar-refractivity contribution in [2.24, 2.45) is 0 Å². The molecule has 0 aliphatic rings. The average molecular weight is 207 g/mol. The summed E-state index contributed by atoms with van der Waals surface area (Å²) in [5.74, 6) is -1.43. The second kappa shape index (κ2) is 4.26. The van der Waals surface area contributed by atoms with Crippen molar-refractivity contribution in [2.75, 3.05) is 0 Å². The fourth-order valence-corrected chi connectivity index (χ4v) is 0.561. The van der Waals surface area contributed by atoms with E-state index < -0.39 is 28.8 Å². The lowest BCUT2D eigenvalue weighted by atomic mass is 10.2. The van der Waals surface area contributed by atoms with Gasteiger partial charge in [0.05, 0.1) is 0 Å². The van der Waals surface area contributed by atoms with E-state index in [4.69, 9.17) is 5.11 Å². The third-order valence-electron chi connectivity index (χ3n) is 1.27. The largest absolute Gasteiger partial charge is 0.480 e. The minimum atomic E-state index is -1.55. The molecule has 0 fully saturated rings. The maximum Gasteiger partial charge on any atom is 0.439 e. The Kier molecular flexibility index (Phi) is 3.85. The van der Waals surface area contributed by atoms with Crippen LogP contribution in [0.4, 0.5) is 9.28 Å². The molecule has 0 spiro atoms. The van der Waals surface area contributed by atoms with Gasteiger partial charge in [-0.2, -0.15) is 0 Å². The number of carboxylic acids is 1. The van der Waals surface area contributed by atoms with Crippen molar-refractivity contribution < 1.29 is 23.9 Å². The normalized spacial score (nSPS) is 13.2. The number of hydrogen-bond acceptors (Lipinski definition) is 3. The van der Waals surface area contributed by atoms with Crippen LogP contribution in [0.5, 0.6) is 0 Å². The molecule has 14 heavy (non-hydrogen) atoms. The molecule has 0 radical (unpaired) electrons. The van der Waals surface area contributed by atoms with E-state index in [1.165, 1.54) is 0 Å². The molecule has 0 saturated heterocycles. The summed E-state index contributed by atoms with van der Waals surface area (Å²) in [7, 11) is 0. The van der Waals surface area contributed by atoms with Crippen LogP contribution in [-0.2, 0) is 9.53 Å². The van der Waals surface area contributed by atoms with Crippen LogP contribution >= 0.6 is 0 Å². The minimum absolute atomic E-state index is 0.451. The third kappa shape index (κ3) is 4.06. The fourth-order valence-electron chi connectivity index (χ4n) is 0.561. The summed E-state index contributed by atoms with van der Waals surface area (Å²) < 4.78 is 17.6. The Morgan fingerprint density at radius 1 is 1.43 bits per heavy atom. The number of carboxylic acid groups (broad SMARTS) is 1. The van der Waals surface area contributed by atoms with Crippen LogP contribution in [0.2, 0.25) is 0 Å². The highest BCUT2D eigenvalue weighted by Crippen LogP contribution is 2.12. The molecule has 0 aliphatic heterocycles. The lowest BCUT2D eigenvalue weighted by Gasteiger charge is -2.23. The summed E-state index contributed by atoms with van der Waals surface area (Å²) >= 11 is 0. The van der Waals surface area contributed by atoms with Gasteiger partial charge in [0.1, 0.15) is 5.60 Å². The van der Waals surface area contributed by atoms with Gasteiger partial charge in [0.2, 0.25) is 0 Å². The van der Waals surface area contributed by atoms with Gasteiger partial charge >= 0.3 is 12.1 Å². The molecule has 5 nitrogen and oxygen atoms in total. The molecule has 1 atom stereocenters. The first-order valence-corrected chi connectivity index (χ1v) is 4.06. The molecule has 0 aromatic rings. The SMILES string of the molecule is C[C@@H](C(=O)O)N(F)C(=O)OC(C)(C)C.